The van der Waals surface area contributed by atoms with Crippen LogP contribution in [0.4, 0.5) is 0 Å². The van der Waals surface area contributed by atoms with Crippen molar-refractivity contribution in [3.05, 3.63) is 23.8 Å². The molecule has 0 fully saturated rings. The molecule has 0 radical (unpaired) electrons. The Labute approximate surface area is 76.0 Å². The molecular formula is C8H7NO3S. The third kappa shape index (κ3) is 1.79. The van der Waals surface area contributed by atoms with Crippen molar-refractivity contribution in [3.63, 3.8) is 0 Å². The van der Waals surface area contributed by atoms with Gasteiger partial charge in [0.2, 0.25) is 0 Å². The number of aromatic hydroxyl groups is 1. The molecular weight excluding hydrogens is 190 g/mol. The number of sulfone groups is 1. The standard InChI is InChI=1S/C8H7NO3S/c1-13(11,12)8-4-2-3-7(10)6(8)5-9/h2-4,10H,1H3. The highest BCUT2D eigenvalue weighted by atomic mass is 32.2. The number of benzene rings is 1. The molecule has 0 aromatic heterocycles. The molecule has 0 saturated heterocycles. The number of nitriles is 1. The van der Waals surface area contributed by atoms with Crippen LogP contribution in [0.1, 0.15) is 5.56 Å². The van der Waals surface area contributed by atoms with E-state index in [-0.39, 0.29) is 16.2 Å². The van der Waals surface area contributed by atoms with E-state index in [0.717, 1.165) is 6.26 Å². The van der Waals surface area contributed by atoms with Crippen LogP contribution >= 0.6 is 0 Å². The monoisotopic (exact) mass is 197 g/mol. The smallest absolute Gasteiger partial charge is 0.176 e. The highest BCUT2D eigenvalue weighted by Crippen LogP contribution is 2.23. The minimum atomic E-state index is -3.45. The lowest BCUT2D eigenvalue weighted by atomic mass is 10.2. The summed E-state index contributed by atoms with van der Waals surface area (Å²) in [6.07, 6.45) is 0.989. The lowest BCUT2D eigenvalue weighted by molar-refractivity contribution is 0.471. The first-order valence-corrected chi connectivity index (χ1v) is 5.28. The van der Waals surface area contributed by atoms with Crippen molar-refractivity contribution in [1.29, 1.82) is 5.26 Å². The van der Waals surface area contributed by atoms with Crippen molar-refractivity contribution >= 4 is 9.84 Å². The Morgan fingerprint density at radius 2 is 2.08 bits per heavy atom. The Hall–Kier alpha value is -1.54. The third-order valence-electron chi connectivity index (χ3n) is 1.52. The average molecular weight is 197 g/mol. The van der Waals surface area contributed by atoms with Gasteiger partial charge in [0.25, 0.3) is 0 Å². The SMILES string of the molecule is CS(=O)(=O)c1cccc(O)c1C#N. The molecule has 1 rings (SSSR count). The Morgan fingerprint density at radius 3 is 2.46 bits per heavy atom. The van der Waals surface area contributed by atoms with Crippen LogP contribution in [-0.4, -0.2) is 19.8 Å². The van der Waals surface area contributed by atoms with Crippen LogP contribution in [0.15, 0.2) is 23.1 Å². The third-order valence-corrected chi connectivity index (χ3v) is 2.65. The summed E-state index contributed by atoms with van der Waals surface area (Å²) in [5.41, 5.74) is -0.204. The second-order valence-electron chi connectivity index (χ2n) is 2.53. The zero-order valence-electron chi connectivity index (χ0n) is 6.85. The molecule has 0 unspecified atom stereocenters. The minimum Gasteiger partial charge on any atom is -0.507 e. The highest BCUT2D eigenvalue weighted by Gasteiger charge is 2.15. The Balaban J connectivity index is 3.59. The molecule has 0 atom stereocenters. The van der Waals surface area contributed by atoms with Crippen LogP contribution in [0.3, 0.4) is 0 Å². The van der Waals surface area contributed by atoms with Gasteiger partial charge >= 0.3 is 0 Å². The van der Waals surface area contributed by atoms with Crippen molar-refractivity contribution < 1.29 is 13.5 Å². The maximum Gasteiger partial charge on any atom is 0.176 e. The van der Waals surface area contributed by atoms with Gasteiger partial charge in [-0.05, 0) is 12.1 Å². The first kappa shape index (κ1) is 9.55. The van der Waals surface area contributed by atoms with E-state index in [4.69, 9.17) is 10.4 Å². The van der Waals surface area contributed by atoms with Gasteiger partial charge in [-0.25, -0.2) is 8.42 Å². The van der Waals surface area contributed by atoms with Crippen LogP contribution < -0.4 is 0 Å². The van der Waals surface area contributed by atoms with Crippen LogP contribution in [0.25, 0.3) is 0 Å². The fraction of sp³-hybridized carbons (Fsp3) is 0.125. The molecule has 0 aliphatic heterocycles. The van der Waals surface area contributed by atoms with Crippen LogP contribution in [0.2, 0.25) is 0 Å². The molecule has 5 heteroatoms. The first-order chi connectivity index (χ1) is 5.96. The van der Waals surface area contributed by atoms with E-state index in [1.165, 1.54) is 18.2 Å². The van der Waals surface area contributed by atoms with Crippen molar-refractivity contribution in [2.24, 2.45) is 0 Å². The minimum absolute atomic E-state index is 0.144. The molecule has 1 N–H and O–H groups in total. The molecule has 68 valence electrons. The average Bonchev–Trinajstić information content (AvgIpc) is 2.02. The predicted octanol–water partition coefficient (Wildman–Crippen LogP) is 0.667. The molecule has 1 aromatic carbocycles. The number of phenols is 1. The molecule has 0 spiro atoms. The fourth-order valence-corrected chi connectivity index (χ4v) is 1.79. The summed E-state index contributed by atoms with van der Waals surface area (Å²) in [5.74, 6) is -0.314. The van der Waals surface area contributed by atoms with Gasteiger partial charge in [0.05, 0.1) is 4.90 Å². The highest BCUT2D eigenvalue weighted by molar-refractivity contribution is 7.90. The van der Waals surface area contributed by atoms with Crippen molar-refractivity contribution in [1.82, 2.24) is 0 Å². The Bertz CT molecular complexity index is 471. The molecule has 0 saturated carbocycles. The van der Waals surface area contributed by atoms with E-state index in [2.05, 4.69) is 0 Å². The molecule has 1 aromatic rings. The summed E-state index contributed by atoms with van der Waals surface area (Å²) < 4.78 is 22.2. The summed E-state index contributed by atoms with van der Waals surface area (Å²) in [7, 11) is -3.45. The molecule has 0 amide bonds. The topological polar surface area (TPSA) is 78.2 Å². The lowest BCUT2D eigenvalue weighted by Gasteiger charge is -2.01. The number of hydrogen-bond acceptors (Lipinski definition) is 4. The maximum absolute atomic E-state index is 11.1. The van der Waals surface area contributed by atoms with E-state index in [0.29, 0.717) is 0 Å². The summed E-state index contributed by atoms with van der Waals surface area (Å²) in [6.45, 7) is 0. The molecule has 4 nitrogen and oxygen atoms in total. The summed E-state index contributed by atoms with van der Waals surface area (Å²) >= 11 is 0. The normalized spacial score (nSPS) is 10.8. The summed E-state index contributed by atoms with van der Waals surface area (Å²) in [6, 6.07) is 5.58. The molecule has 0 aliphatic carbocycles. The van der Waals surface area contributed by atoms with Gasteiger partial charge in [0, 0.05) is 6.26 Å². The van der Waals surface area contributed by atoms with Crippen LogP contribution in [0, 0.1) is 11.3 Å². The van der Waals surface area contributed by atoms with Crippen molar-refractivity contribution in [2.45, 2.75) is 4.90 Å². The Morgan fingerprint density at radius 1 is 1.46 bits per heavy atom. The number of nitrogens with zero attached hydrogens (tertiary/aromatic N) is 1. The predicted molar refractivity (Wildman–Crippen MR) is 45.9 cm³/mol. The largest absolute Gasteiger partial charge is 0.507 e. The fourth-order valence-electron chi connectivity index (χ4n) is 0.941. The second kappa shape index (κ2) is 3.07. The van der Waals surface area contributed by atoms with Gasteiger partial charge in [-0.15, -0.1) is 0 Å². The number of rotatable bonds is 1. The van der Waals surface area contributed by atoms with Crippen molar-refractivity contribution in [2.75, 3.05) is 6.26 Å². The lowest BCUT2D eigenvalue weighted by Crippen LogP contribution is -2.00. The zero-order valence-corrected chi connectivity index (χ0v) is 7.67. The van der Waals surface area contributed by atoms with E-state index in [9.17, 15) is 8.42 Å². The first-order valence-electron chi connectivity index (χ1n) is 3.39. The molecule has 0 heterocycles. The van der Waals surface area contributed by atoms with Gasteiger partial charge in [0.15, 0.2) is 9.84 Å². The zero-order chi connectivity index (χ0) is 10.1. The van der Waals surface area contributed by atoms with Crippen LogP contribution in [-0.2, 0) is 9.84 Å². The van der Waals surface area contributed by atoms with E-state index < -0.39 is 9.84 Å². The maximum atomic E-state index is 11.1. The van der Waals surface area contributed by atoms with Gasteiger partial charge in [-0.3, -0.25) is 0 Å². The van der Waals surface area contributed by atoms with Gasteiger partial charge in [0.1, 0.15) is 17.4 Å². The van der Waals surface area contributed by atoms with E-state index in [1.54, 1.807) is 6.07 Å². The molecule has 0 aliphatic rings. The molecule has 0 bridgehead atoms. The van der Waals surface area contributed by atoms with E-state index in [1.807, 2.05) is 0 Å². The van der Waals surface area contributed by atoms with Crippen LogP contribution in [0.5, 0.6) is 5.75 Å². The van der Waals surface area contributed by atoms with Gasteiger partial charge < -0.3 is 5.11 Å². The second-order valence-corrected chi connectivity index (χ2v) is 4.52. The number of hydrogen-bond donors (Lipinski definition) is 1. The van der Waals surface area contributed by atoms with Crippen molar-refractivity contribution in [3.8, 4) is 11.8 Å². The molecule has 13 heavy (non-hydrogen) atoms. The Kier molecular flexibility index (Phi) is 2.26. The van der Waals surface area contributed by atoms with Gasteiger partial charge in [-0.1, -0.05) is 6.07 Å². The quantitative estimate of drug-likeness (QED) is 0.717. The number of phenolic OH excluding ortho intramolecular Hbond substituents is 1. The van der Waals surface area contributed by atoms with Gasteiger partial charge in [-0.2, -0.15) is 5.26 Å². The summed E-state index contributed by atoms with van der Waals surface area (Å²) in [4.78, 5) is -0.144. The van der Waals surface area contributed by atoms with E-state index >= 15 is 0 Å². The summed E-state index contributed by atoms with van der Waals surface area (Å²) in [5, 5.41) is 17.8.